The van der Waals surface area contributed by atoms with E-state index in [-0.39, 0.29) is 17.1 Å². The molecule has 14 heavy (non-hydrogen) atoms. The number of alkyl halides is 2. The van der Waals surface area contributed by atoms with Gasteiger partial charge in [0.05, 0.1) is 23.7 Å². The molecule has 1 rings (SSSR count). The van der Waals surface area contributed by atoms with Crippen molar-refractivity contribution >= 4 is 11.6 Å². The number of aromatic nitrogens is 1. The summed E-state index contributed by atoms with van der Waals surface area (Å²) in [5, 5.41) is 8.21. The summed E-state index contributed by atoms with van der Waals surface area (Å²) < 4.78 is 24.7. The van der Waals surface area contributed by atoms with Crippen molar-refractivity contribution in [3.05, 3.63) is 28.0 Å². The van der Waals surface area contributed by atoms with Crippen molar-refractivity contribution in [2.45, 2.75) is 19.8 Å². The second kappa shape index (κ2) is 4.34. The molecule has 74 valence electrons. The van der Waals surface area contributed by atoms with E-state index in [2.05, 4.69) is 4.98 Å². The number of nitrogens with zero attached hydrogens (tertiary/aromatic N) is 2. The lowest BCUT2D eigenvalue weighted by Gasteiger charge is -2.06. The minimum Gasteiger partial charge on any atom is -0.239 e. The average Bonchev–Trinajstić information content (AvgIpc) is 2.10. The monoisotopic (exact) mass is 216 g/mol. The van der Waals surface area contributed by atoms with E-state index in [0.29, 0.717) is 11.3 Å². The second-order valence-electron chi connectivity index (χ2n) is 2.77. The normalized spacial score (nSPS) is 10.3. The Labute approximate surface area is 85.1 Å². The van der Waals surface area contributed by atoms with E-state index in [1.54, 1.807) is 6.92 Å². The van der Waals surface area contributed by atoms with Crippen molar-refractivity contribution in [1.82, 2.24) is 4.98 Å². The molecular formula is C9H7ClF2N2. The maximum Gasteiger partial charge on any atom is 0.266 e. The molecule has 0 aliphatic carbocycles. The third-order valence-electron chi connectivity index (χ3n) is 1.78. The van der Waals surface area contributed by atoms with E-state index in [4.69, 9.17) is 16.9 Å². The number of hydrogen-bond donors (Lipinski definition) is 0. The van der Waals surface area contributed by atoms with Gasteiger partial charge in [-0.15, -0.1) is 0 Å². The first-order valence-corrected chi connectivity index (χ1v) is 4.25. The Bertz CT molecular complexity index is 385. The number of hydrogen-bond acceptors (Lipinski definition) is 2. The first kappa shape index (κ1) is 10.9. The van der Waals surface area contributed by atoms with Gasteiger partial charge in [0.15, 0.2) is 0 Å². The molecule has 1 aromatic rings. The zero-order valence-electron chi connectivity index (χ0n) is 7.39. The van der Waals surface area contributed by atoms with E-state index < -0.39 is 6.43 Å². The van der Waals surface area contributed by atoms with Crippen LogP contribution in [0, 0.1) is 18.3 Å². The SMILES string of the molecule is Cc1cc(C(F)F)c(Cl)nc1CC#N. The molecule has 1 heterocycles. The largest absolute Gasteiger partial charge is 0.266 e. The molecule has 0 spiro atoms. The predicted molar refractivity (Wildman–Crippen MR) is 48.3 cm³/mol. The lowest BCUT2D eigenvalue weighted by atomic mass is 10.1. The van der Waals surface area contributed by atoms with Crippen molar-refractivity contribution in [2.24, 2.45) is 0 Å². The maximum absolute atomic E-state index is 12.3. The summed E-state index contributed by atoms with van der Waals surface area (Å²) in [5.41, 5.74) is 0.721. The number of nitriles is 1. The van der Waals surface area contributed by atoms with E-state index in [1.807, 2.05) is 6.07 Å². The van der Waals surface area contributed by atoms with Crippen LogP contribution in [-0.4, -0.2) is 4.98 Å². The van der Waals surface area contributed by atoms with Gasteiger partial charge in [0.1, 0.15) is 5.15 Å². The summed E-state index contributed by atoms with van der Waals surface area (Å²) in [6.45, 7) is 1.63. The van der Waals surface area contributed by atoms with Crippen LogP contribution in [0.4, 0.5) is 8.78 Å². The van der Waals surface area contributed by atoms with Crippen LogP contribution in [-0.2, 0) is 6.42 Å². The summed E-state index contributed by atoms with van der Waals surface area (Å²) >= 11 is 5.53. The van der Waals surface area contributed by atoms with Crippen LogP contribution in [0.3, 0.4) is 0 Å². The number of rotatable bonds is 2. The fraction of sp³-hybridized carbons (Fsp3) is 0.333. The Hall–Kier alpha value is -1.21. The third kappa shape index (κ3) is 2.18. The second-order valence-corrected chi connectivity index (χ2v) is 3.13. The highest BCUT2D eigenvalue weighted by Gasteiger charge is 2.15. The number of pyridine rings is 1. The Morgan fingerprint density at radius 3 is 2.79 bits per heavy atom. The van der Waals surface area contributed by atoms with E-state index in [9.17, 15) is 8.78 Å². The number of aryl methyl sites for hydroxylation is 1. The summed E-state index contributed by atoms with van der Waals surface area (Å²) in [6, 6.07) is 3.16. The van der Waals surface area contributed by atoms with Gasteiger partial charge in [0, 0.05) is 0 Å². The van der Waals surface area contributed by atoms with E-state index >= 15 is 0 Å². The van der Waals surface area contributed by atoms with Gasteiger partial charge in [-0.3, -0.25) is 0 Å². The Morgan fingerprint density at radius 1 is 1.64 bits per heavy atom. The van der Waals surface area contributed by atoms with Gasteiger partial charge in [0.2, 0.25) is 0 Å². The first-order chi connectivity index (χ1) is 6.56. The van der Waals surface area contributed by atoms with Gasteiger partial charge in [0.25, 0.3) is 6.43 Å². The van der Waals surface area contributed by atoms with E-state index in [1.165, 1.54) is 6.07 Å². The summed E-state index contributed by atoms with van der Waals surface area (Å²) in [7, 11) is 0. The molecule has 0 saturated carbocycles. The highest BCUT2D eigenvalue weighted by Crippen LogP contribution is 2.27. The molecule has 5 heteroatoms. The molecule has 0 aromatic carbocycles. The Morgan fingerprint density at radius 2 is 2.29 bits per heavy atom. The van der Waals surface area contributed by atoms with Gasteiger partial charge < -0.3 is 0 Å². The summed E-state index contributed by atoms with van der Waals surface area (Å²) in [5.74, 6) is 0. The lowest BCUT2D eigenvalue weighted by molar-refractivity contribution is 0.151. The standard InChI is InChI=1S/C9H7ClF2N2/c1-5-4-6(9(11)12)8(10)14-7(5)2-3-13/h4,9H,2H2,1H3. The molecule has 0 amide bonds. The molecular weight excluding hydrogens is 210 g/mol. The molecule has 0 aliphatic rings. The predicted octanol–water partition coefficient (Wildman–Crippen LogP) is 3.05. The molecule has 0 radical (unpaired) electrons. The minimum atomic E-state index is -2.63. The maximum atomic E-state index is 12.3. The van der Waals surface area contributed by atoms with Crippen molar-refractivity contribution in [2.75, 3.05) is 0 Å². The zero-order valence-corrected chi connectivity index (χ0v) is 8.15. The lowest BCUT2D eigenvalue weighted by Crippen LogP contribution is -1.98. The highest BCUT2D eigenvalue weighted by atomic mass is 35.5. The number of halogens is 3. The van der Waals surface area contributed by atoms with Crippen LogP contribution in [0.15, 0.2) is 6.07 Å². The van der Waals surface area contributed by atoms with Crippen LogP contribution < -0.4 is 0 Å². The molecule has 0 aliphatic heterocycles. The van der Waals surface area contributed by atoms with Crippen molar-refractivity contribution in [1.29, 1.82) is 5.26 Å². The zero-order chi connectivity index (χ0) is 10.7. The smallest absolute Gasteiger partial charge is 0.239 e. The molecule has 0 saturated heterocycles. The van der Waals surface area contributed by atoms with Crippen molar-refractivity contribution in [3.8, 4) is 6.07 Å². The molecule has 0 atom stereocenters. The first-order valence-electron chi connectivity index (χ1n) is 3.87. The van der Waals surface area contributed by atoms with Crippen LogP contribution in [0.25, 0.3) is 0 Å². The van der Waals surface area contributed by atoms with Crippen molar-refractivity contribution in [3.63, 3.8) is 0 Å². The van der Waals surface area contributed by atoms with Gasteiger partial charge >= 0.3 is 0 Å². The van der Waals surface area contributed by atoms with Crippen molar-refractivity contribution < 1.29 is 8.78 Å². The topological polar surface area (TPSA) is 36.7 Å². The van der Waals surface area contributed by atoms with Gasteiger partial charge in [-0.05, 0) is 18.6 Å². The quantitative estimate of drug-likeness (QED) is 0.713. The molecule has 1 aromatic heterocycles. The van der Waals surface area contributed by atoms with Crippen LogP contribution in [0.5, 0.6) is 0 Å². The van der Waals surface area contributed by atoms with Crippen LogP contribution >= 0.6 is 11.6 Å². The van der Waals surface area contributed by atoms with Crippen LogP contribution in [0.2, 0.25) is 5.15 Å². The van der Waals surface area contributed by atoms with Crippen LogP contribution in [0.1, 0.15) is 23.2 Å². The molecule has 0 fully saturated rings. The summed E-state index contributed by atoms with van der Waals surface area (Å²) in [6.07, 6.45) is -2.56. The molecule has 2 nitrogen and oxygen atoms in total. The Balaban J connectivity index is 3.18. The third-order valence-corrected chi connectivity index (χ3v) is 2.08. The molecule has 0 N–H and O–H groups in total. The van der Waals surface area contributed by atoms with Gasteiger partial charge in [-0.2, -0.15) is 5.26 Å². The highest BCUT2D eigenvalue weighted by molar-refractivity contribution is 6.30. The molecule has 0 bridgehead atoms. The minimum absolute atomic E-state index is 0.0784. The average molecular weight is 217 g/mol. The molecule has 0 unspecified atom stereocenters. The van der Waals surface area contributed by atoms with E-state index in [0.717, 1.165) is 0 Å². The summed E-state index contributed by atoms with van der Waals surface area (Å²) in [4.78, 5) is 3.75. The fourth-order valence-electron chi connectivity index (χ4n) is 1.05. The fourth-order valence-corrected chi connectivity index (χ4v) is 1.29. The van der Waals surface area contributed by atoms with Gasteiger partial charge in [-0.1, -0.05) is 11.6 Å². The van der Waals surface area contributed by atoms with Gasteiger partial charge in [-0.25, -0.2) is 13.8 Å². The Kier molecular flexibility index (Phi) is 3.37.